The number of rotatable bonds is 7. The lowest BCUT2D eigenvalue weighted by Crippen LogP contribution is -2.29. The first-order valence-corrected chi connectivity index (χ1v) is 9.83. The number of halogens is 1. The smallest absolute Gasteiger partial charge is 0.319 e. The SMILES string of the molecule is O=C(NCCCSc1ccc(F)cc1)Nc1ccc(N2CCCC2)nc1. The Morgan fingerprint density at radius 1 is 1.15 bits per heavy atom. The van der Waals surface area contributed by atoms with E-state index >= 15 is 0 Å². The monoisotopic (exact) mass is 374 g/mol. The van der Waals surface area contributed by atoms with Crippen LogP contribution < -0.4 is 15.5 Å². The highest BCUT2D eigenvalue weighted by Gasteiger charge is 2.13. The highest BCUT2D eigenvalue weighted by Crippen LogP contribution is 2.19. The van der Waals surface area contributed by atoms with Crippen LogP contribution >= 0.6 is 11.8 Å². The Morgan fingerprint density at radius 2 is 1.92 bits per heavy atom. The molecule has 1 fully saturated rings. The Bertz CT molecular complexity index is 702. The Labute approximate surface area is 157 Å². The molecule has 1 aliphatic heterocycles. The number of hydrogen-bond donors (Lipinski definition) is 2. The highest BCUT2D eigenvalue weighted by molar-refractivity contribution is 7.99. The number of hydrogen-bond acceptors (Lipinski definition) is 4. The summed E-state index contributed by atoms with van der Waals surface area (Å²) in [4.78, 5) is 19.6. The number of nitrogens with one attached hydrogen (secondary N) is 2. The van der Waals surface area contributed by atoms with E-state index in [0.29, 0.717) is 12.2 Å². The quantitative estimate of drug-likeness (QED) is 0.565. The largest absolute Gasteiger partial charge is 0.357 e. The maximum Gasteiger partial charge on any atom is 0.319 e. The van der Waals surface area contributed by atoms with E-state index in [4.69, 9.17) is 0 Å². The third-order valence-electron chi connectivity index (χ3n) is 4.12. The standard InChI is InChI=1S/C19H23FN4OS/c20-15-4-7-17(8-5-15)26-13-3-10-21-19(25)23-16-6-9-18(22-14-16)24-11-1-2-12-24/h4-9,14H,1-3,10-13H2,(H2,21,23,25). The van der Waals surface area contributed by atoms with Crippen molar-refractivity contribution < 1.29 is 9.18 Å². The minimum Gasteiger partial charge on any atom is -0.357 e. The van der Waals surface area contributed by atoms with Crippen LogP contribution in [0.4, 0.5) is 20.7 Å². The van der Waals surface area contributed by atoms with Crippen molar-refractivity contribution in [2.24, 2.45) is 0 Å². The van der Waals surface area contributed by atoms with Gasteiger partial charge in [0.2, 0.25) is 0 Å². The molecule has 0 saturated carbocycles. The number of anilines is 2. The summed E-state index contributed by atoms with van der Waals surface area (Å²) in [5.41, 5.74) is 0.686. The van der Waals surface area contributed by atoms with Crippen molar-refractivity contribution in [2.75, 3.05) is 35.6 Å². The van der Waals surface area contributed by atoms with Gasteiger partial charge in [-0.05, 0) is 61.4 Å². The van der Waals surface area contributed by atoms with E-state index in [0.717, 1.165) is 36.0 Å². The molecular formula is C19H23FN4OS. The molecule has 7 heteroatoms. The van der Waals surface area contributed by atoms with Crippen LogP contribution in [0.25, 0.3) is 0 Å². The van der Waals surface area contributed by atoms with Gasteiger partial charge < -0.3 is 15.5 Å². The molecule has 0 spiro atoms. The molecule has 0 radical (unpaired) electrons. The average molecular weight is 374 g/mol. The molecule has 2 aromatic rings. The number of urea groups is 1. The summed E-state index contributed by atoms with van der Waals surface area (Å²) in [7, 11) is 0. The predicted molar refractivity (Wildman–Crippen MR) is 104 cm³/mol. The summed E-state index contributed by atoms with van der Waals surface area (Å²) < 4.78 is 12.8. The van der Waals surface area contributed by atoms with Gasteiger partial charge in [0.1, 0.15) is 11.6 Å². The Morgan fingerprint density at radius 3 is 2.62 bits per heavy atom. The number of aromatic nitrogens is 1. The predicted octanol–water partition coefficient (Wildman–Crippen LogP) is 4.12. The van der Waals surface area contributed by atoms with Crippen molar-refractivity contribution in [3.05, 3.63) is 48.4 Å². The zero-order chi connectivity index (χ0) is 18.2. The highest BCUT2D eigenvalue weighted by atomic mass is 32.2. The summed E-state index contributed by atoms with van der Waals surface area (Å²) in [5, 5.41) is 5.63. The van der Waals surface area contributed by atoms with Crippen molar-refractivity contribution in [1.29, 1.82) is 0 Å². The van der Waals surface area contributed by atoms with E-state index in [1.807, 2.05) is 12.1 Å². The van der Waals surface area contributed by atoms with Crippen molar-refractivity contribution >= 4 is 29.3 Å². The summed E-state index contributed by atoms with van der Waals surface area (Å²) in [6.45, 7) is 2.69. The second kappa shape index (κ2) is 9.43. The molecular weight excluding hydrogens is 351 g/mol. The van der Waals surface area contributed by atoms with Crippen LogP contribution in [0.2, 0.25) is 0 Å². The van der Waals surface area contributed by atoms with Crippen molar-refractivity contribution in [3.63, 3.8) is 0 Å². The minimum absolute atomic E-state index is 0.226. The molecule has 1 aromatic carbocycles. The molecule has 3 rings (SSSR count). The lowest BCUT2D eigenvalue weighted by molar-refractivity contribution is 0.252. The molecule has 1 saturated heterocycles. The maximum absolute atomic E-state index is 12.8. The third-order valence-corrected chi connectivity index (χ3v) is 5.22. The Hall–Kier alpha value is -2.28. The molecule has 2 amide bonds. The summed E-state index contributed by atoms with van der Waals surface area (Å²) in [6, 6.07) is 10.0. The number of amides is 2. The number of thioether (sulfide) groups is 1. The summed E-state index contributed by atoms with van der Waals surface area (Å²) >= 11 is 1.65. The molecule has 0 atom stereocenters. The maximum atomic E-state index is 12.8. The number of carbonyl (C=O) groups is 1. The van der Waals surface area contributed by atoms with Gasteiger partial charge in [0.15, 0.2) is 0 Å². The van der Waals surface area contributed by atoms with E-state index < -0.39 is 0 Å². The van der Waals surface area contributed by atoms with Crippen LogP contribution in [0.15, 0.2) is 47.5 Å². The lowest BCUT2D eigenvalue weighted by atomic mass is 10.4. The average Bonchev–Trinajstić information content (AvgIpc) is 3.18. The molecule has 138 valence electrons. The van der Waals surface area contributed by atoms with Crippen molar-refractivity contribution in [1.82, 2.24) is 10.3 Å². The first-order chi connectivity index (χ1) is 12.7. The van der Waals surface area contributed by atoms with Crippen molar-refractivity contribution in [2.45, 2.75) is 24.2 Å². The first-order valence-electron chi connectivity index (χ1n) is 8.85. The fourth-order valence-electron chi connectivity index (χ4n) is 2.76. The molecule has 0 bridgehead atoms. The van der Waals surface area contributed by atoms with Gasteiger partial charge in [-0.15, -0.1) is 11.8 Å². The zero-order valence-electron chi connectivity index (χ0n) is 14.6. The molecule has 5 nitrogen and oxygen atoms in total. The van der Waals surface area contributed by atoms with Gasteiger partial charge in [-0.3, -0.25) is 0 Å². The van der Waals surface area contributed by atoms with Gasteiger partial charge in [-0.25, -0.2) is 14.2 Å². The van der Waals surface area contributed by atoms with Gasteiger partial charge in [0.25, 0.3) is 0 Å². The zero-order valence-corrected chi connectivity index (χ0v) is 15.4. The van der Waals surface area contributed by atoms with Crippen LogP contribution in [-0.4, -0.2) is 36.4 Å². The molecule has 0 aliphatic carbocycles. The van der Waals surface area contributed by atoms with E-state index in [-0.39, 0.29) is 11.8 Å². The van der Waals surface area contributed by atoms with Crippen LogP contribution in [0.5, 0.6) is 0 Å². The van der Waals surface area contributed by atoms with E-state index in [1.165, 1.54) is 25.0 Å². The number of pyridine rings is 1. The van der Waals surface area contributed by atoms with Gasteiger partial charge >= 0.3 is 6.03 Å². The van der Waals surface area contributed by atoms with Crippen LogP contribution in [0.3, 0.4) is 0 Å². The molecule has 2 N–H and O–H groups in total. The van der Waals surface area contributed by atoms with Crippen LogP contribution in [0, 0.1) is 5.82 Å². The fourth-order valence-corrected chi connectivity index (χ4v) is 3.62. The van der Waals surface area contributed by atoms with Gasteiger partial charge in [0, 0.05) is 24.5 Å². The van der Waals surface area contributed by atoms with E-state index in [2.05, 4.69) is 20.5 Å². The lowest BCUT2D eigenvalue weighted by Gasteiger charge is -2.16. The Balaban J connectivity index is 1.33. The molecule has 2 heterocycles. The van der Waals surface area contributed by atoms with Crippen molar-refractivity contribution in [3.8, 4) is 0 Å². The Kier molecular flexibility index (Phi) is 6.71. The topological polar surface area (TPSA) is 57.3 Å². The first kappa shape index (κ1) is 18.5. The van der Waals surface area contributed by atoms with Gasteiger partial charge in [-0.1, -0.05) is 0 Å². The second-order valence-corrected chi connectivity index (χ2v) is 7.30. The van der Waals surface area contributed by atoms with Crippen LogP contribution in [0.1, 0.15) is 19.3 Å². The number of nitrogens with zero attached hydrogens (tertiary/aromatic N) is 2. The van der Waals surface area contributed by atoms with Gasteiger partial charge in [-0.2, -0.15) is 0 Å². The third kappa shape index (κ3) is 5.62. The molecule has 26 heavy (non-hydrogen) atoms. The minimum atomic E-state index is -0.229. The number of benzene rings is 1. The number of carbonyl (C=O) groups excluding carboxylic acids is 1. The normalized spacial score (nSPS) is 13.7. The second-order valence-electron chi connectivity index (χ2n) is 6.14. The summed E-state index contributed by atoms with van der Waals surface area (Å²) in [6.07, 6.45) is 4.95. The van der Waals surface area contributed by atoms with Gasteiger partial charge in [0.05, 0.1) is 11.9 Å². The molecule has 1 aromatic heterocycles. The molecule has 0 unspecified atom stereocenters. The summed E-state index contributed by atoms with van der Waals surface area (Å²) in [5.74, 6) is 1.60. The van der Waals surface area contributed by atoms with Crippen LogP contribution in [-0.2, 0) is 0 Å². The molecule has 1 aliphatic rings. The van der Waals surface area contributed by atoms with E-state index in [1.54, 1.807) is 30.1 Å². The van der Waals surface area contributed by atoms with E-state index in [9.17, 15) is 9.18 Å². The fraction of sp³-hybridized carbons (Fsp3) is 0.368.